The number of hydrogen-bond donors (Lipinski definition) is 0. The van der Waals surface area contributed by atoms with Gasteiger partial charge in [0.2, 0.25) is 0 Å². The third kappa shape index (κ3) is 6.38. The zero-order valence-corrected chi connectivity index (χ0v) is 24.2. The van der Waals surface area contributed by atoms with Crippen LogP contribution >= 0.6 is 21.6 Å². The molecule has 2 rings (SSSR count). The Hall–Kier alpha value is -0.860. The first kappa shape index (κ1) is 27.4. The van der Waals surface area contributed by atoms with Gasteiger partial charge >= 0.3 is 0 Å². The van der Waals surface area contributed by atoms with Crippen LogP contribution in [0.3, 0.4) is 0 Å². The van der Waals surface area contributed by atoms with Crippen molar-refractivity contribution < 1.29 is 0 Å². The van der Waals surface area contributed by atoms with Crippen LogP contribution in [0.5, 0.6) is 0 Å². The molecule has 0 atom stereocenters. The van der Waals surface area contributed by atoms with E-state index in [4.69, 9.17) is 0 Å². The van der Waals surface area contributed by atoms with Gasteiger partial charge in [0.25, 0.3) is 0 Å². The third-order valence-electron chi connectivity index (χ3n) is 6.35. The average molecular weight is 471 g/mol. The minimum Gasteiger partial charge on any atom is -0.0587 e. The van der Waals surface area contributed by atoms with E-state index in [1.807, 2.05) is 21.6 Å². The minimum atomic E-state index is 0.523. The molecule has 178 valence electrons. The van der Waals surface area contributed by atoms with Crippen LogP contribution in [0.25, 0.3) is 0 Å². The van der Waals surface area contributed by atoms with E-state index in [1.165, 1.54) is 43.2 Å². The van der Waals surface area contributed by atoms with E-state index in [2.05, 4.69) is 107 Å². The Labute approximate surface area is 207 Å². The van der Waals surface area contributed by atoms with Crippen LogP contribution in [0.4, 0.5) is 0 Å². The fourth-order valence-corrected chi connectivity index (χ4v) is 7.23. The van der Waals surface area contributed by atoms with Crippen LogP contribution in [-0.4, -0.2) is 0 Å². The molecule has 0 aliphatic heterocycles. The van der Waals surface area contributed by atoms with Gasteiger partial charge in [-0.3, -0.25) is 0 Å². The summed E-state index contributed by atoms with van der Waals surface area (Å²) < 4.78 is 0. The molecule has 0 amide bonds. The van der Waals surface area contributed by atoms with Crippen LogP contribution in [0.2, 0.25) is 0 Å². The summed E-state index contributed by atoms with van der Waals surface area (Å²) in [6, 6.07) is 9.87. The summed E-state index contributed by atoms with van der Waals surface area (Å²) in [6.45, 7) is 28.0. The largest absolute Gasteiger partial charge is 0.0587 e. The van der Waals surface area contributed by atoms with E-state index < -0.39 is 0 Å². The molecule has 0 saturated heterocycles. The zero-order valence-electron chi connectivity index (χ0n) is 22.6. The highest BCUT2D eigenvalue weighted by Gasteiger charge is 2.21. The van der Waals surface area contributed by atoms with Crippen molar-refractivity contribution in [2.75, 3.05) is 0 Å². The van der Waals surface area contributed by atoms with Gasteiger partial charge in [0, 0.05) is 9.79 Å². The van der Waals surface area contributed by atoms with Crippen LogP contribution in [0, 0.1) is 0 Å². The first-order valence-corrected chi connectivity index (χ1v) is 14.7. The molecule has 2 heteroatoms. The molecule has 2 aromatic carbocycles. The number of rotatable bonds is 9. The Bertz CT molecular complexity index is 826. The Morgan fingerprint density at radius 1 is 0.406 bits per heavy atom. The summed E-state index contributed by atoms with van der Waals surface area (Å²) in [7, 11) is 3.96. The lowest BCUT2D eigenvalue weighted by molar-refractivity contribution is 0.758. The third-order valence-corrected chi connectivity index (χ3v) is 8.79. The van der Waals surface area contributed by atoms with Gasteiger partial charge in [-0.05, 0) is 81.0 Å². The Morgan fingerprint density at radius 3 is 0.938 bits per heavy atom. The summed E-state index contributed by atoms with van der Waals surface area (Å²) in [6.07, 6.45) is 0. The molecule has 0 nitrogen and oxygen atoms in total. The lowest BCUT2D eigenvalue weighted by atomic mass is 9.87. The summed E-state index contributed by atoms with van der Waals surface area (Å²) >= 11 is 0. The second-order valence-electron chi connectivity index (χ2n) is 11.1. The van der Waals surface area contributed by atoms with Crippen LogP contribution in [-0.2, 0) is 0 Å². The predicted molar refractivity (Wildman–Crippen MR) is 149 cm³/mol. The summed E-state index contributed by atoms with van der Waals surface area (Å²) in [5.41, 5.74) is 9.05. The molecule has 2 aromatic rings. The normalized spacial score (nSPS) is 12.4. The maximum atomic E-state index is 2.47. The molecule has 0 radical (unpaired) electrons. The van der Waals surface area contributed by atoms with Crippen LogP contribution in [0.15, 0.2) is 34.1 Å². The van der Waals surface area contributed by atoms with Gasteiger partial charge in [0.15, 0.2) is 0 Å². The highest BCUT2D eigenvalue weighted by molar-refractivity contribution is 8.76. The van der Waals surface area contributed by atoms with Crippen LogP contribution in [0.1, 0.15) is 152 Å². The topological polar surface area (TPSA) is 0 Å². The van der Waals surface area contributed by atoms with Gasteiger partial charge < -0.3 is 0 Å². The number of benzene rings is 2. The summed E-state index contributed by atoms with van der Waals surface area (Å²) in [5.74, 6) is 3.21. The lowest BCUT2D eigenvalue weighted by Gasteiger charge is -2.25. The fraction of sp³-hybridized carbons (Fsp3) is 0.600. The van der Waals surface area contributed by atoms with Crippen molar-refractivity contribution in [1.82, 2.24) is 0 Å². The molecule has 0 bridgehead atoms. The van der Waals surface area contributed by atoms with E-state index in [0.29, 0.717) is 35.5 Å². The molecule has 0 aromatic heterocycles. The quantitative estimate of drug-likeness (QED) is 0.334. The number of hydrogen-bond acceptors (Lipinski definition) is 2. The van der Waals surface area contributed by atoms with Crippen molar-refractivity contribution in [2.45, 2.75) is 128 Å². The van der Waals surface area contributed by atoms with Crippen molar-refractivity contribution in [1.29, 1.82) is 0 Å². The smallest absolute Gasteiger partial charge is 0.0226 e. The molecule has 0 heterocycles. The fourth-order valence-electron chi connectivity index (χ4n) is 4.43. The van der Waals surface area contributed by atoms with Gasteiger partial charge in [-0.1, -0.05) is 117 Å². The second kappa shape index (κ2) is 11.5. The molecule has 0 aliphatic carbocycles. The standard InChI is InChI=1S/C30H46S2/c1-17(2)23-13-25(19(5)6)29(21(9)10)27(15-23)31-32-28-16-24(18(3)4)14-26(20(7)8)30(28)22(11)12/h13-22H,1-12H3. The zero-order chi connectivity index (χ0) is 24.3. The van der Waals surface area contributed by atoms with Crippen LogP contribution < -0.4 is 0 Å². The van der Waals surface area contributed by atoms with Crippen molar-refractivity contribution >= 4 is 21.6 Å². The van der Waals surface area contributed by atoms with E-state index in [9.17, 15) is 0 Å². The average Bonchev–Trinajstić information content (AvgIpc) is 2.69. The highest BCUT2D eigenvalue weighted by atomic mass is 33.1. The molecular formula is C30H46S2. The minimum absolute atomic E-state index is 0.523. The lowest BCUT2D eigenvalue weighted by Crippen LogP contribution is -2.04. The molecule has 0 aliphatic rings. The van der Waals surface area contributed by atoms with E-state index in [1.54, 1.807) is 0 Å². The molecule has 0 unspecified atom stereocenters. The van der Waals surface area contributed by atoms with Gasteiger partial charge in [-0.15, -0.1) is 0 Å². The second-order valence-corrected chi connectivity index (χ2v) is 13.4. The van der Waals surface area contributed by atoms with E-state index >= 15 is 0 Å². The van der Waals surface area contributed by atoms with Crippen molar-refractivity contribution in [3.05, 3.63) is 57.6 Å². The molecule has 0 fully saturated rings. The van der Waals surface area contributed by atoms with Crippen molar-refractivity contribution in [3.63, 3.8) is 0 Å². The van der Waals surface area contributed by atoms with E-state index in [-0.39, 0.29) is 0 Å². The first-order chi connectivity index (χ1) is 14.8. The predicted octanol–water partition coefficient (Wildman–Crippen LogP) is 11.2. The molecule has 0 saturated carbocycles. The molecule has 32 heavy (non-hydrogen) atoms. The Morgan fingerprint density at radius 2 is 0.719 bits per heavy atom. The highest BCUT2D eigenvalue weighted by Crippen LogP contribution is 2.48. The van der Waals surface area contributed by atoms with Gasteiger partial charge in [0.1, 0.15) is 0 Å². The van der Waals surface area contributed by atoms with Gasteiger partial charge in [-0.25, -0.2) is 0 Å². The summed E-state index contributed by atoms with van der Waals surface area (Å²) in [5, 5.41) is 0. The summed E-state index contributed by atoms with van der Waals surface area (Å²) in [4.78, 5) is 2.91. The van der Waals surface area contributed by atoms with Gasteiger partial charge in [0.05, 0.1) is 0 Å². The first-order valence-electron chi connectivity index (χ1n) is 12.5. The van der Waals surface area contributed by atoms with E-state index in [0.717, 1.165) is 0 Å². The monoisotopic (exact) mass is 470 g/mol. The maximum absolute atomic E-state index is 2.47. The SMILES string of the molecule is CC(C)c1cc(SSc2cc(C(C)C)cc(C(C)C)c2C(C)C)c(C(C)C)c(C(C)C)c1. The van der Waals surface area contributed by atoms with Gasteiger partial charge in [-0.2, -0.15) is 0 Å². The molecular weight excluding hydrogens is 424 g/mol. The molecule has 0 N–H and O–H groups in total. The Balaban J connectivity index is 2.62. The maximum Gasteiger partial charge on any atom is 0.0226 e. The van der Waals surface area contributed by atoms with Crippen molar-refractivity contribution in [2.24, 2.45) is 0 Å². The Kier molecular flexibility index (Phi) is 9.86. The van der Waals surface area contributed by atoms with Crippen molar-refractivity contribution in [3.8, 4) is 0 Å². The molecule has 0 spiro atoms.